The first-order valence-electron chi connectivity index (χ1n) is 3.59. The van der Waals surface area contributed by atoms with Gasteiger partial charge in [0, 0.05) is 0 Å². The highest BCUT2D eigenvalue weighted by Crippen LogP contribution is 1.98. The summed E-state index contributed by atoms with van der Waals surface area (Å²) in [6.45, 7) is 3.32. The van der Waals surface area contributed by atoms with E-state index in [9.17, 15) is 4.79 Å². The van der Waals surface area contributed by atoms with Crippen LogP contribution in [-0.2, 0) is 9.53 Å². The van der Waals surface area contributed by atoms with Crippen molar-refractivity contribution in [3.05, 3.63) is 11.6 Å². The Morgan fingerprint density at radius 1 is 1.83 bits per heavy atom. The number of carbonyl (C=O) groups excluding carboxylic acids is 1. The molecule has 0 saturated carbocycles. The molecule has 0 amide bonds. The minimum absolute atomic E-state index is 0.160. The summed E-state index contributed by atoms with van der Waals surface area (Å²) >= 11 is 0. The summed E-state index contributed by atoms with van der Waals surface area (Å²) in [4.78, 5) is 10.9. The average molecular weight is 169 g/mol. The molecule has 0 bridgehead atoms. The third-order valence-electron chi connectivity index (χ3n) is 1.02. The van der Waals surface area contributed by atoms with Gasteiger partial charge in [0.1, 0.15) is 11.6 Å². The zero-order valence-corrected chi connectivity index (χ0v) is 7.07. The number of aliphatic hydroxyl groups is 1. The molecule has 0 heterocycles. The van der Waals surface area contributed by atoms with Crippen molar-refractivity contribution in [1.29, 1.82) is 5.26 Å². The number of nitriles is 1. The molecule has 1 unspecified atom stereocenters. The first-order valence-corrected chi connectivity index (χ1v) is 3.59. The molecule has 0 aliphatic heterocycles. The molecule has 4 heteroatoms. The predicted octanol–water partition coefficient (Wildman–Crippen LogP) is 0.380. The van der Waals surface area contributed by atoms with Crippen LogP contribution in [-0.4, -0.2) is 23.8 Å². The van der Waals surface area contributed by atoms with Gasteiger partial charge in [-0.25, -0.2) is 4.79 Å². The fraction of sp³-hybridized carbons (Fsp3) is 0.500. The van der Waals surface area contributed by atoms with Gasteiger partial charge in [-0.3, -0.25) is 0 Å². The van der Waals surface area contributed by atoms with Crippen LogP contribution in [0, 0.1) is 11.3 Å². The van der Waals surface area contributed by atoms with Crippen LogP contribution in [0.4, 0.5) is 0 Å². The Balaban J connectivity index is 4.37. The lowest BCUT2D eigenvalue weighted by Gasteiger charge is -2.00. The van der Waals surface area contributed by atoms with E-state index in [1.807, 2.05) is 0 Å². The van der Waals surface area contributed by atoms with Gasteiger partial charge in [-0.15, -0.1) is 0 Å². The van der Waals surface area contributed by atoms with Gasteiger partial charge in [0.15, 0.2) is 0 Å². The van der Waals surface area contributed by atoms with Crippen LogP contribution in [0.25, 0.3) is 0 Å². The number of esters is 1. The SMILES string of the molecule is CCOC(=O)/C(C#N)=C\C(C)O. The molecule has 4 nitrogen and oxygen atoms in total. The highest BCUT2D eigenvalue weighted by molar-refractivity contribution is 5.92. The number of ether oxygens (including phenoxy) is 1. The van der Waals surface area contributed by atoms with Crippen LogP contribution in [0.5, 0.6) is 0 Å². The molecular weight excluding hydrogens is 158 g/mol. The van der Waals surface area contributed by atoms with E-state index in [1.54, 1.807) is 13.0 Å². The number of hydrogen-bond donors (Lipinski definition) is 1. The molecule has 66 valence electrons. The second kappa shape index (κ2) is 5.33. The first-order chi connectivity index (χ1) is 5.61. The van der Waals surface area contributed by atoms with Crippen molar-refractivity contribution in [1.82, 2.24) is 0 Å². The Morgan fingerprint density at radius 2 is 2.42 bits per heavy atom. The zero-order chi connectivity index (χ0) is 9.56. The van der Waals surface area contributed by atoms with Gasteiger partial charge in [0.2, 0.25) is 0 Å². The van der Waals surface area contributed by atoms with Gasteiger partial charge in [-0.05, 0) is 19.9 Å². The van der Waals surface area contributed by atoms with Crippen molar-refractivity contribution in [2.24, 2.45) is 0 Å². The van der Waals surface area contributed by atoms with Gasteiger partial charge in [-0.1, -0.05) is 0 Å². The lowest BCUT2D eigenvalue weighted by atomic mass is 10.2. The van der Waals surface area contributed by atoms with Crippen LogP contribution < -0.4 is 0 Å². The van der Waals surface area contributed by atoms with E-state index in [1.165, 1.54) is 6.92 Å². The van der Waals surface area contributed by atoms with Crippen LogP contribution >= 0.6 is 0 Å². The molecule has 0 aliphatic carbocycles. The highest BCUT2D eigenvalue weighted by Gasteiger charge is 2.09. The number of carbonyl (C=O) groups is 1. The molecule has 0 saturated heterocycles. The van der Waals surface area contributed by atoms with E-state index >= 15 is 0 Å². The molecule has 0 rings (SSSR count). The Bertz CT molecular complexity index is 225. The van der Waals surface area contributed by atoms with Crippen molar-refractivity contribution >= 4 is 5.97 Å². The second-order valence-corrected chi connectivity index (χ2v) is 2.15. The van der Waals surface area contributed by atoms with Crippen LogP contribution in [0.3, 0.4) is 0 Å². The van der Waals surface area contributed by atoms with Gasteiger partial charge < -0.3 is 9.84 Å². The smallest absolute Gasteiger partial charge is 0.348 e. The van der Waals surface area contributed by atoms with E-state index in [4.69, 9.17) is 10.4 Å². The summed E-state index contributed by atoms with van der Waals surface area (Å²) < 4.78 is 4.55. The number of nitrogens with zero attached hydrogens (tertiary/aromatic N) is 1. The van der Waals surface area contributed by atoms with Gasteiger partial charge >= 0.3 is 5.97 Å². The maximum absolute atomic E-state index is 10.9. The molecule has 0 aromatic heterocycles. The Kier molecular flexibility index (Phi) is 4.73. The summed E-state index contributed by atoms with van der Waals surface area (Å²) in [6, 6.07) is 1.64. The third-order valence-corrected chi connectivity index (χ3v) is 1.02. The van der Waals surface area contributed by atoms with Crippen molar-refractivity contribution in [2.45, 2.75) is 20.0 Å². The second-order valence-electron chi connectivity index (χ2n) is 2.15. The summed E-state index contributed by atoms with van der Waals surface area (Å²) in [7, 11) is 0. The van der Waals surface area contributed by atoms with Crippen molar-refractivity contribution < 1.29 is 14.6 Å². The third kappa shape index (κ3) is 3.74. The zero-order valence-electron chi connectivity index (χ0n) is 7.07. The molecule has 0 aliphatic rings. The first kappa shape index (κ1) is 10.7. The van der Waals surface area contributed by atoms with E-state index in [2.05, 4.69) is 4.74 Å². The normalized spacial score (nSPS) is 13.3. The molecule has 0 radical (unpaired) electrons. The Hall–Kier alpha value is -1.34. The standard InChI is InChI=1S/C8H11NO3/c1-3-12-8(11)7(5-9)4-6(2)10/h4,6,10H,3H2,1-2H3/b7-4-. The van der Waals surface area contributed by atoms with Crippen molar-refractivity contribution in [3.8, 4) is 6.07 Å². The minimum Gasteiger partial charge on any atom is -0.462 e. The minimum atomic E-state index is -0.816. The summed E-state index contributed by atoms with van der Waals surface area (Å²) in [5.74, 6) is -0.694. The van der Waals surface area contributed by atoms with Gasteiger partial charge in [0.25, 0.3) is 0 Å². The fourth-order valence-electron chi connectivity index (χ4n) is 0.601. The molecular formula is C8H11NO3. The summed E-state index contributed by atoms with van der Waals surface area (Å²) in [5, 5.41) is 17.3. The number of rotatable bonds is 3. The largest absolute Gasteiger partial charge is 0.462 e. The number of aliphatic hydroxyl groups excluding tert-OH is 1. The summed E-state index contributed by atoms with van der Waals surface area (Å²) in [5.41, 5.74) is -0.160. The molecule has 1 atom stereocenters. The summed E-state index contributed by atoms with van der Waals surface area (Å²) in [6.07, 6.45) is 0.335. The van der Waals surface area contributed by atoms with E-state index < -0.39 is 12.1 Å². The molecule has 0 aromatic carbocycles. The lowest BCUT2D eigenvalue weighted by Crippen LogP contribution is -2.08. The molecule has 0 spiro atoms. The molecule has 0 aromatic rings. The molecule has 0 fully saturated rings. The van der Waals surface area contributed by atoms with Gasteiger partial charge in [-0.2, -0.15) is 5.26 Å². The van der Waals surface area contributed by atoms with Crippen LogP contribution in [0.1, 0.15) is 13.8 Å². The fourth-order valence-corrected chi connectivity index (χ4v) is 0.601. The maximum Gasteiger partial charge on any atom is 0.348 e. The Morgan fingerprint density at radius 3 is 2.75 bits per heavy atom. The molecule has 12 heavy (non-hydrogen) atoms. The van der Waals surface area contributed by atoms with Gasteiger partial charge in [0.05, 0.1) is 12.7 Å². The van der Waals surface area contributed by atoms with Crippen molar-refractivity contribution in [3.63, 3.8) is 0 Å². The number of hydrogen-bond acceptors (Lipinski definition) is 4. The Labute approximate surface area is 71.1 Å². The highest BCUT2D eigenvalue weighted by atomic mass is 16.5. The monoisotopic (exact) mass is 169 g/mol. The van der Waals surface area contributed by atoms with E-state index in [0.29, 0.717) is 0 Å². The van der Waals surface area contributed by atoms with E-state index in [-0.39, 0.29) is 12.2 Å². The van der Waals surface area contributed by atoms with Crippen LogP contribution in [0.15, 0.2) is 11.6 Å². The van der Waals surface area contributed by atoms with Crippen molar-refractivity contribution in [2.75, 3.05) is 6.61 Å². The lowest BCUT2D eigenvalue weighted by molar-refractivity contribution is -0.138. The maximum atomic E-state index is 10.9. The average Bonchev–Trinajstić information content (AvgIpc) is 2.00. The van der Waals surface area contributed by atoms with Crippen LogP contribution in [0.2, 0.25) is 0 Å². The quantitative estimate of drug-likeness (QED) is 0.376. The van der Waals surface area contributed by atoms with E-state index in [0.717, 1.165) is 6.08 Å². The predicted molar refractivity (Wildman–Crippen MR) is 42.0 cm³/mol. The topological polar surface area (TPSA) is 70.3 Å². The molecule has 1 N–H and O–H groups in total.